The second-order valence-corrected chi connectivity index (χ2v) is 7.04. The fraction of sp³-hybridized carbons (Fsp3) is 0.0714. The van der Waals surface area contributed by atoms with E-state index in [0.29, 0.717) is 5.56 Å². The fourth-order valence-electron chi connectivity index (χ4n) is 1.70. The number of nitrogen functional groups attached to an aromatic ring is 2. The van der Waals surface area contributed by atoms with Gasteiger partial charge in [0.2, 0.25) is 0 Å². The largest absolute Gasteiger partial charge is 0.398 e. The molecular formula is C14H13Br2N3OS. The Kier molecular flexibility index (Phi) is 5.69. The molecule has 0 fully saturated rings. The molecule has 1 amide bonds. The molecule has 0 aliphatic rings. The average molecular weight is 431 g/mol. The topological polar surface area (TPSA) is 81.1 Å². The summed E-state index contributed by atoms with van der Waals surface area (Å²) in [7, 11) is 0. The number of hydrogen-bond acceptors (Lipinski definition) is 4. The van der Waals surface area contributed by atoms with Gasteiger partial charge in [-0.3, -0.25) is 10.2 Å². The van der Waals surface area contributed by atoms with Crippen LogP contribution in [0.5, 0.6) is 0 Å². The first-order chi connectivity index (χ1) is 10.0. The molecule has 2 aromatic carbocycles. The molecule has 0 aromatic heterocycles. The van der Waals surface area contributed by atoms with Gasteiger partial charge >= 0.3 is 0 Å². The zero-order valence-electron chi connectivity index (χ0n) is 10.9. The standard InChI is InChI=1S/C14H13Br2N3OS/c15-10-3-4-13(12(17)6-10)21-7-9-2-1-8(5-11(9)16)14(20)19-18/h1-6H,7,17-18H2,(H,19,20). The third-order valence-electron chi connectivity index (χ3n) is 2.80. The summed E-state index contributed by atoms with van der Waals surface area (Å²) in [5.74, 6) is 5.55. The van der Waals surface area contributed by atoms with Gasteiger partial charge in [0, 0.05) is 30.8 Å². The van der Waals surface area contributed by atoms with Gasteiger partial charge in [0.1, 0.15) is 0 Å². The Morgan fingerprint density at radius 1 is 1.19 bits per heavy atom. The monoisotopic (exact) mass is 429 g/mol. The van der Waals surface area contributed by atoms with Crippen LogP contribution < -0.4 is 17.0 Å². The lowest BCUT2D eigenvalue weighted by Gasteiger charge is -2.09. The van der Waals surface area contributed by atoms with Crippen LogP contribution in [0.2, 0.25) is 0 Å². The summed E-state index contributed by atoms with van der Waals surface area (Å²) in [5.41, 5.74) is 10.4. The lowest BCUT2D eigenvalue weighted by molar-refractivity contribution is 0.0953. The number of anilines is 1. The van der Waals surface area contributed by atoms with Crippen molar-refractivity contribution >= 4 is 55.2 Å². The minimum Gasteiger partial charge on any atom is -0.398 e. The predicted molar refractivity (Wildman–Crippen MR) is 93.9 cm³/mol. The van der Waals surface area contributed by atoms with Crippen molar-refractivity contribution in [3.8, 4) is 0 Å². The number of carbonyl (C=O) groups excluding carboxylic acids is 1. The van der Waals surface area contributed by atoms with Gasteiger partial charge in [-0.25, -0.2) is 5.84 Å². The van der Waals surface area contributed by atoms with Crippen LogP contribution in [0.3, 0.4) is 0 Å². The van der Waals surface area contributed by atoms with Crippen molar-refractivity contribution in [3.05, 3.63) is 56.5 Å². The van der Waals surface area contributed by atoms with Crippen molar-refractivity contribution in [1.82, 2.24) is 5.43 Å². The molecule has 0 saturated heterocycles. The van der Waals surface area contributed by atoms with Crippen LogP contribution in [-0.2, 0) is 5.75 Å². The van der Waals surface area contributed by atoms with Gasteiger partial charge in [0.15, 0.2) is 0 Å². The maximum atomic E-state index is 11.4. The van der Waals surface area contributed by atoms with Crippen LogP contribution in [0.25, 0.3) is 0 Å². The minimum atomic E-state index is -0.313. The van der Waals surface area contributed by atoms with E-state index in [1.54, 1.807) is 23.9 Å². The van der Waals surface area contributed by atoms with E-state index < -0.39 is 0 Å². The van der Waals surface area contributed by atoms with E-state index in [-0.39, 0.29) is 5.91 Å². The first-order valence-corrected chi connectivity index (χ1v) is 8.55. The quantitative estimate of drug-likeness (QED) is 0.227. The molecule has 110 valence electrons. The van der Waals surface area contributed by atoms with Gasteiger partial charge in [-0.1, -0.05) is 37.9 Å². The Morgan fingerprint density at radius 2 is 1.95 bits per heavy atom. The summed E-state index contributed by atoms with van der Waals surface area (Å²) in [6.45, 7) is 0. The second-order valence-electron chi connectivity index (χ2n) is 4.25. The third-order valence-corrected chi connectivity index (χ3v) is 5.17. The van der Waals surface area contributed by atoms with Crippen LogP contribution in [0.1, 0.15) is 15.9 Å². The molecule has 0 heterocycles. The lowest BCUT2D eigenvalue weighted by atomic mass is 10.1. The van der Waals surface area contributed by atoms with E-state index >= 15 is 0 Å². The van der Waals surface area contributed by atoms with Gasteiger partial charge in [-0.05, 0) is 35.9 Å². The van der Waals surface area contributed by atoms with Gasteiger partial charge in [0.05, 0.1) is 0 Å². The maximum Gasteiger partial charge on any atom is 0.265 e. The summed E-state index contributed by atoms with van der Waals surface area (Å²) in [5, 5.41) is 0. The normalized spacial score (nSPS) is 10.4. The summed E-state index contributed by atoms with van der Waals surface area (Å²) in [6, 6.07) is 11.2. The van der Waals surface area contributed by atoms with E-state index in [1.807, 2.05) is 24.3 Å². The first-order valence-electron chi connectivity index (χ1n) is 5.98. The van der Waals surface area contributed by atoms with Crippen LogP contribution >= 0.6 is 43.6 Å². The molecule has 2 rings (SSSR count). The highest BCUT2D eigenvalue weighted by molar-refractivity contribution is 9.10. The molecule has 0 radical (unpaired) electrons. The Labute approximate surface area is 143 Å². The zero-order chi connectivity index (χ0) is 15.4. The van der Waals surface area contributed by atoms with Gasteiger partial charge < -0.3 is 5.73 Å². The number of nitrogens with one attached hydrogen (secondary N) is 1. The van der Waals surface area contributed by atoms with Crippen molar-refractivity contribution < 1.29 is 4.79 Å². The molecule has 0 aliphatic heterocycles. The number of benzene rings is 2. The van der Waals surface area contributed by atoms with Crippen molar-refractivity contribution in [1.29, 1.82) is 0 Å². The maximum absolute atomic E-state index is 11.4. The molecule has 0 saturated carbocycles. The summed E-state index contributed by atoms with van der Waals surface area (Å²) >= 11 is 8.50. The number of rotatable bonds is 4. The van der Waals surface area contributed by atoms with Crippen LogP contribution in [0.15, 0.2) is 50.2 Å². The second kappa shape index (κ2) is 7.31. The molecule has 4 nitrogen and oxygen atoms in total. The molecule has 0 aliphatic carbocycles. The molecular weight excluding hydrogens is 418 g/mol. The minimum absolute atomic E-state index is 0.313. The van der Waals surface area contributed by atoms with E-state index in [0.717, 1.165) is 30.8 Å². The predicted octanol–water partition coefficient (Wildman–Crippen LogP) is 3.69. The fourth-order valence-corrected chi connectivity index (χ4v) is 3.73. The van der Waals surface area contributed by atoms with E-state index in [4.69, 9.17) is 11.6 Å². The highest BCUT2D eigenvalue weighted by Gasteiger charge is 2.08. The number of amides is 1. The van der Waals surface area contributed by atoms with E-state index in [1.165, 1.54) is 0 Å². The highest BCUT2D eigenvalue weighted by atomic mass is 79.9. The van der Waals surface area contributed by atoms with Crippen molar-refractivity contribution in [2.75, 3.05) is 5.73 Å². The number of hydrazine groups is 1. The van der Waals surface area contributed by atoms with Crippen LogP contribution in [-0.4, -0.2) is 5.91 Å². The van der Waals surface area contributed by atoms with Crippen molar-refractivity contribution in [2.45, 2.75) is 10.6 Å². The molecule has 21 heavy (non-hydrogen) atoms. The molecule has 7 heteroatoms. The SMILES string of the molecule is NNC(=O)c1ccc(CSc2ccc(Br)cc2N)c(Br)c1. The number of thioether (sulfide) groups is 1. The van der Waals surface area contributed by atoms with Gasteiger partial charge in [0.25, 0.3) is 5.91 Å². The Balaban J connectivity index is 2.11. The Morgan fingerprint density at radius 3 is 2.57 bits per heavy atom. The number of carbonyl (C=O) groups is 1. The highest BCUT2D eigenvalue weighted by Crippen LogP contribution is 2.32. The summed E-state index contributed by atoms with van der Waals surface area (Å²) in [6.07, 6.45) is 0. The zero-order valence-corrected chi connectivity index (χ0v) is 14.9. The lowest BCUT2D eigenvalue weighted by Crippen LogP contribution is -2.29. The molecule has 0 atom stereocenters. The Hall–Kier alpha value is -1.02. The van der Waals surface area contributed by atoms with Crippen LogP contribution in [0.4, 0.5) is 5.69 Å². The third kappa shape index (κ3) is 4.23. The average Bonchev–Trinajstić information content (AvgIpc) is 2.46. The molecule has 2 aromatic rings. The molecule has 5 N–H and O–H groups in total. The van der Waals surface area contributed by atoms with Crippen molar-refractivity contribution in [3.63, 3.8) is 0 Å². The van der Waals surface area contributed by atoms with Gasteiger partial charge in [-0.15, -0.1) is 11.8 Å². The Bertz CT molecular complexity index is 679. The number of hydrogen-bond donors (Lipinski definition) is 3. The van der Waals surface area contributed by atoms with E-state index in [2.05, 4.69) is 37.3 Å². The first kappa shape index (κ1) is 16.4. The van der Waals surface area contributed by atoms with E-state index in [9.17, 15) is 4.79 Å². The summed E-state index contributed by atoms with van der Waals surface area (Å²) < 4.78 is 1.83. The smallest absolute Gasteiger partial charge is 0.265 e. The number of halogens is 2. The van der Waals surface area contributed by atoms with Crippen LogP contribution in [0, 0.1) is 0 Å². The van der Waals surface area contributed by atoms with Gasteiger partial charge in [-0.2, -0.15) is 0 Å². The molecule has 0 bridgehead atoms. The van der Waals surface area contributed by atoms with Crippen molar-refractivity contribution in [2.24, 2.45) is 5.84 Å². The molecule has 0 unspecified atom stereocenters. The molecule has 0 spiro atoms. The number of nitrogens with two attached hydrogens (primary N) is 2. The summed E-state index contributed by atoms with van der Waals surface area (Å²) in [4.78, 5) is 12.5.